The second kappa shape index (κ2) is 9.57. The van der Waals surface area contributed by atoms with Crippen molar-refractivity contribution in [3.8, 4) is 27.9 Å². The molecule has 0 aliphatic heterocycles. The van der Waals surface area contributed by atoms with Crippen molar-refractivity contribution in [2.75, 3.05) is 0 Å². The van der Waals surface area contributed by atoms with E-state index in [0.717, 1.165) is 0 Å². The fourth-order valence-corrected chi connectivity index (χ4v) is 8.40. The highest BCUT2D eigenvalue weighted by Gasteiger charge is 2.21. The first kappa shape index (κ1) is 25.8. The van der Waals surface area contributed by atoms with Gasteiger partial charge in [0.25, 0.3) is 0 Å². The van der Waals surface area contributed by atoms with Crippen LogP contribution >= 0.6 is 0 Å². The predicted molar refractivity (Wildman–Crippen MR) is 204 cm³/mol. The fourth-order valence-electron chi connectivity index (χ4n) is 8.40. The third-order valence-electron chi connectivity index (χ3n) is 10.4. The molecule has 11 rings (SSSR count). The molecule has 2 nitrogen and oxygen atoms in total. The summed E-state index contributed by atoms with van der Waals surface area (Å²) in [5, 5.41) is 10.3. The van der Waals surface area contributed by atoms with E-state index < -0.39 is 0 Å². The molecule has 0 saturated heterocycles. The smallest absolute Gasteiger partial charge is 0.0626 e. The molecule has 0 spiro atoms. The van der Waals surface area contributed by atoms with Gasteiger partial charge in [0.15, 0.2) is 0 Å². The van der Waals surface area contributed by atoms with Crippen LogP contribution in [0.1, 0.15) is 0 Å². The Balaban J connectivity index is 1.21. The molecule has 3 heterocycles. The summed E-state index contributed by atoms with van der Waals surface area (Å²) in [7, 11) is 0. The number of aromatic nitrogens is 2. The maximum absolute atomic E-state index is 2.49. The summed E-state index contributed by atoms with van der Waals surface area (Å²) in [6.07, 6.45) is 0. The summed E-state index contributed by atoms with van der Waals surface area (Å²) in [4.78, 5) is 0. The molecule has 0 amide bonds. The van der Waals surface area contributed by atoms with Gasteiger partial charge in [-0.1, -0.05) is 121 Å². The molecule has 0 radical (unpaired) electrons. The fraction of sp³-hybridized carbons (Fsp3) is 0. The lowest BCUT2D eigenvalue weighted by Crippen LogP contribution is -1.94. The zero-order valence-electron chi connectivity index (χ0n) is 26.1. The number of pyridine rings is 1. The Morgan fingerprint density at radius 1 is 0.312 bits per heavy atom. The van der Waals surface area contributed by atoms with E-state index in [9.17, 15) is 0 Å². The van der Waals surface area contributed by atoms with Crippen molar-refractivity contribution in [2.45, 2.75) is 0 Å². The van der Waals surface area contributed by atoms with Gasteiger partial charge in [0.2, 0.25) is 0 Å². The summed E-state index contributed by atoms with van der Waals surface area (Å²) in [5.41, 5.74) is 12.3. The van der Waals surface area contributed by atoms with Crippen LogP contribution in [0.15, 0.2) is 170 Å². The van der Waals surface area contributed by atoms with Gasteiger partial charge in [-0.15, -0.1) is 0 Å². The lowest BCUT2D eigenvalue weighted by Gasteiger charge is -2.16. The van der Waals surface area contributed by atoms with Crippen molar-refractivity contribution in [1.29, 1.82) is 0 Å². The molecule has 0 atom stereocenters. The molecular weight excluding hydrogens is 581 g/mol. The van der Waals surface area contributed by atoms with E-state index in [2.05, 4.69) is 179 Å². The van der Waals surface area contributed by atoms with Crippen molar-refractivity contribution in [2.24, 2.45) is 0 Å². The topological polar surface area (TPSA) is 9.34 Å². The zero-order chi connectivity index (χ0) is 31.3. The summed E-state index contributed by atoms with van der Waals surface area (Å²) in [6.45, 7) is 0. The first-order valence-corrected chi connectivity index (χ1v) is 16.6. The average Bonchev–Trinajstić information content (AvgIpc) is 3.68. The van der Waals surface area contributed by atoms with Crippen LogP contribution in [-0.2, 0) is 0 Å². The second-order valence-electron chi connectivity index (χ2n) is 12.9. The largest absolute Gasteiger partial charge is 0.309 e. The molecule has 0 bridgehead atoms. The minimum Gasteiger partial charge on any atom is -0.309 e. The molecule has 0 aliphatic rings. The molecule has 2 heteroatoms. The van der Waals surface area contributed by atoms with Gasteiger partial charge >= 0.3 is 0 Å². The maximum atomic E-state index is 2.49. The molecule has 0 fully saturated rings. The van der Waals surface area contributed by atoms with Gasteiger partial charge in [-0.25, -0.2) is 0 Å². The van der Waals surface area contributed by atoms with Crippen molar-refractivity contribution in [3.63, 3.8) is 0 Å². The SMILES string of the molecule is c1ccc(-c2cccc(-n3c4ccccc4c4cc(-c5cc6c7ccccc7n7c8ccccc8c8cccc5c8c67)ccc43)c2)cc1. The molecule has 3 aromatic heterocycles. The van der Waals surface area contributed by atoms with Crippen LogP contribution < -0.4 is 0 Å². The van der Waals surface area contributed by atoms with Crippen LogP contribution in [0.4, 0.5) is 0 Å². The van der Waals surface area contributed by atoms with Crippen LogP contribution in [0.3, 0.4) is 0 Å². The quantitative estimate of drug-likeness (QED) is 0.139. The lowest BCUT2D eigenvalue weighted by atomic mass is 9.91. The Kier molecular flexibility index (Phi) is 5.14. The molecule has 222 valence electrons. The molecule has 0 aliphatic carbocycles. The van der Waals surface area contributed by atoms with E-state index in [4.69, 9.17) is 0 Å². The molecule has 8 aromatic carbocycles. The minimum absolute atomic E-state index is 1.17. The third-order valence-corrected chi connectivity index (χ3v) is 10.4. The maximum Gasteiger partial charge on any atom is 0.0626 e. The van der Waals surface area contributed by atoms with Crippen LogP contribution in [0.2, 0.25) is 0 Å². The van der Waals surface area contributed by atoms with Crippen molar-refractivity contribution >= 4 is 70.7 Å². The highest BCUT2D eigenvalue weighted by atomic mass is 15.0. The number of rotatable bonds is 3. The number of hydrogen-bond acceptors (Lipinski definition) is 0. The van der Waals surface area contributed by atoms with Gasteiger partial charge in [0.05, 0.1) is 27.6 Å². The molecule has 0 unspecified atom stereocenters. The first-order chi connectivity index (χ1) is 23.8. The van der Waals surface area contributed by atoms with Crippen molar-refractivity contribution < 1.29 is 0 Å². The van der Waals surface area contributed by atoms with E-state index in [0.29, 0.717) is 0 Å². The summed E-state index contributed by atoms with van der Waals surface area (Å²) >= 11 is 0. The van der Waals surface area contributed by atoms with Crippen LogP contribution in [-0.4, -0.2) is 8.97 Å². The Morgan fingerprint density at radius 2 is 0.896 bits per heavy atom. The van der Waals surface area contributed by atoms with E-state index in [-0.39, 0.29) is 0 Å². The van der Waals surface area contributed by atoms with E-state index in [1.54, 1.807) is 0 Å². The normalized spacial score (nSPS) is 12.2. The number of para-hydroxylation sites is 3. The van der Waals surface area contributed by atoms with E-state index >= 15 is 0 Å². The number of hydrogen-bond donors (Lipinski definition) is 0. The van der Waals surface area contributed by atoms with Gasteiger partial charge in [-0.05, 0) is 81.6 Å². The molecule has 11 aromatic rings. The van der Waals surface area contributed by atoms with Crippen LogP contribution in [0.5, 0.6) is 0 Å². The van der Waals surface area contributed by atoms with Crippen molar-refractivity contribution in [3.05, 3.63) is 170 Å². The van der Waals surface area contributed by atoms with Gasteiger partial charge in [0, 0.05) is 38.0 Å². The van der Waals surface area contributed by atoms with E-state index in [1.807, 2.05) is 0 Å². The summed E-state index contributed by atoms with van der Waals surface area (Å²) in [5.74, 6) is 0. The Morgan fingerprint density at radius 3 is 1.69 bits per heavy atom. The monoisotopic (exact) mass is 608 g/mol. The number of fused-ring (bicyclic) bond motifs is 9. The van der Waals surface area contributed by atoms with Crippen LogP contribution in [0, 0.1) is 0 Å². The summed E-state index contributed by atoms with van der Waals surface area (Å²) < 4.78 is 4.91. The highest BCUT2D eigenvalue weighted by Crippen LogP contribution is 2.46. The number of benzene rings is 8. The Hall–Kier alpha value is -6.38. The predicted octanol–water partition coefficient (Wildman–Crippen LogP) is 12.4. The zero-order valence-corrected chi connectivity index (χ0v) is 26.1. The van der Waals surface area contributed by atoms with Gasteiger partial charge in [0.1, 0.15) is 0 Å². The Labute approximate surface area is 276 Å². The van der Waals surface area contributed by atoms with E-state index in [1.165, 1.54) is 98.6 Å². The first-order valence-electron chi connectivity index (χ1n) is 16.6. The number of nitrogens with zero attached hydrogens (tertiary/aromatic N) is 2. The average molecular weight is 609 g/mol. The highest BCUT2D eigenvalue weighted by molar-refractivity contribution is 6.31. The molecule has 0 saturated carbocycles. The van der Waals surface area contributed by atoms with Crippen LogP contribution in [0.25, 0.3) is 98.6 Å². The van der Waals surface area contributed by atoms with Gasteiger partial charge < -0.3 is 8.97 Å². The Bertz CT molecular complexity index is 3040. The van der Waals surface area contributed by atoms with Crippen molar-refractivity contribution in [1.82, 2.24) is 8.97 Å². The van der Waals surface area contributed by atoms with Gasteiger partial charge in [-0.3, -0.25) is 0 Å². The lowest BCUT2D eigenvalue weighted by molar-refractivity contribution is 1.18. The van der Waals surface area contributed by atoms with Gasteiger partial charge in [-0.2, -0.15) is 0 Å². The second-order valence-corrected chi connectivity index (χ2v) is 12.9. The summed E-state index contributed by atoms with van der Waals surface area (Å²) in [6, 6.07) is 62.4. The molecular formula is C46H28N2. The standard InChI is InChI=1S/C46H28N2/c1-2-12-29(13-3-1)30-14-10-15-32(26-30)47-41-21-7-5-17-34(41)39-27-31(24-25-44(39)47)38-28-40-35-18-6-9-23-43(35)48-42-22-8-4-16-33(42)36-19-11-20-37(38)45(36)46(40)48/h1-28H. The molecule has 48 heavy (non-hydrogen) atoms. The molecule has 0 N–H and O–H groups in total. The minimum atomic E-state index is 1.17. The third kappa shape index (κ3) is 3.41.